The first kappa shape index (κ1) is 15.3. The zero-order valence-corrected chi connectivity index (χ0v) is 13.7. The van der Waals surface area contributed by atoms with Gasteiger partial charge in [-0.15, -0.1) is 0 Å². The molecule has 0 saturated heterocycles. The highest BCUT2D eigenvalue weighted by Gasteiger charge is 2.24. The van der Waals surface area contributed by atoms with Gasteiger partial charge in [0.25, 0.3) is 5.91 Å². The molecule has 8 heteroatoms. The topological polar surface area (TPSA) is 97.6 Å². The molecule has 126 valence electrons. The Kier molecular flexibility index (Phi) is 3.85. The van der Waals surface area contributed by atoms with Crippen molar-refractivity contribution in [3.8, 4) is 11.3 Å². The van der Waals surface area contributed by atoms with E-state index in [1.807, 2.05) is 19.3 Å². The lowest BCUT2D eigenvalue weighted by Crippen LogP contribution is -2.26. The van der Waals surface area contributed by atoms with Crippen molar-refractivity contribution in [2.24, 2.45) is 7.05 Å². The highest BCUT2D eigenvalue weighted by atomic mass is 16.2. The second kappa shape index (κ2) is 6.31. The van der Waals surface area contributed by atoms with Crippen LogP contribution >= 0.6 is 0 Å². The fourth-order valence-corrected chi connectivity index (χ4v) is 2.36. The Bertz CT molecular complexity index is 899. The number of nitrogens with one attached hydrogen (secondary N) is 2. The molecule has 0 unspecified atom stereocenters. The Morgan fingerprint density at radius 2 is 2.08 bits per heavy atom. The molecule has 0 radical (unpaired) electrons. The summed E-state index contributed by atoms with van der Waals surface area (Å²) in [4.78, 5) is 24.9. The number of pyridine rings is 1. The van der Waals surface area contributed by atoms with E-state index in [0.29, 0.717) is 17.7 Å². The van der Waals surface area contributed by atoms with E-state index >= 15 is 0 Å². The van der Waals surface area contributed by atoms with Crippen LogP contribution in [0.3, 0.4) is 0 Å². The summed E-state index contributed by atoms with van der Waals surface area (Å²) in [6.07, 6.45) is 8.97. The maximum absolute atomic E-state index is 12.0. The van der Waals surface area contributed by atoms with Gasteiger partial charge in [0.1, 0.15) is 5.69 Å². The fourth-order valence-electron chi connectivity index (χ4n) is 2.36. The van der Waals surface area contributed by atoms with E-state index < -0.39 is 0 Å². The minimum absolute atomic E-state index is 0.129. The highest BCUT2D eigenvalue weighted by molar-refractivity contribution is 5.92. The number of carbonyl (C=O) groups excluding carboxylic acids is 1. The number of aryl methyl sites for hydroxylation is 1. The Morgan fingerprint density at radius 3 is 2.76 bits per heavy atom. The normalized spacial score (nSPS) is 13.5. The molecular formula is C17H17N7O. The molecule has 0 bridgehead atoms. The van der Waals surface area contributed by atoms with Crippen LogP contribution in [-0.4, -0.2) is 36.7 Å². The van der Waals surface area contributed by atoms with Gasteiger partial charge in [0.05, 0.1) is 17.6 Å². The number of hydrogen-bond donors (Lipinski definition) is 2. The molecule has 25 heavy (non-hydrogen) atoms. The van der Waals surface area contributed by atoms with Gasteiger partial charge in [0, 0.05) is 37.2 Å². The number of nitrogens with zero attached hydrogens (tertiary/aromatic N) is 5. The van der Waals surface area contributed by atoms with Crippen LogP contribution in [0, 0.1) is 0 Å². The zero-order chi connectivity index (χ0) is 17.2. The smallest absolute Gasteiger partial charge is 0.270 e. The van der Waals surface area contributed by atoms with Crippen molar-refractivity contribution in [3.05, 3.63) is 48.7 Å². The van der Waals surface area contributed by atoms with Gasteiger partial charge in [-0.05, 0) is 31.0 Å². The molecule has 1 amide bonds. The zero-order valence-electron chi connectivity index (χ0n) is 13.7. The number of aromatic nitrogens is 5. The molecule has 3 aromatic heterocycles. The standard InChI is InChI=1S/C17H17N7O/c1-24-10-13(9-20-24)22-17-18-7-6-14(23-17)11-2-5-15(19-8-11)16(25)21-12-3-4-12/h2,5-10,12H,3-4H2,1H3,(H,21,25)(H,18,22,23). The second-order valence-corrected chi connectivity index (χ2v) is 5.97. The van der Waals surface area contributed by atoms with E-state index in [-0.39, 0.29) is 5.91 Å². The lowest BCUT2D eigenvalue weighted by molar-refractivity contribution is 0.0946. The number of anilines is 2. The van der Waals surface area contributed by atoms with Crippen molar-refractivity contribution < 1.29 is 4.79 Å². The number of carbonyl (C=O) groups is 1. The fraction of sp³-hybridized carbons (Fsp3) is 0.235. The van der Waals surface area contributed by atoms with E-state index in [9.17, 15) is 4.79 Å². The van der Waals surface area contributed by atoms with Gasteiger partial charge in [-0.2, -0.15) is 5.10 Å². The molecule has 3 heterocycles. The molecule has 1 aliphatic carbocycles. The largest absolute Gasteiger partial charge is 0.348 e. The van der Waals surface area contributed by atoms with Crippen LogP contribution in [-0.2, 0) is 7.05 Å². The minimum atomic E-state index is -0.129. The van der Waals surface area contributed by atoms with Crippen molar-refractivity contribution in [2.75, 3.05) is 5.32 Å². The number of rotatable bonds is 5. The maximum atomic E-state index is 12.0. The van der Waals surface area contributed by atoms with Crippen molar-refractivity contribution in [1.29, 1.82) is 0 Å². The first-order chi connectivity index (χ1) is 12.2. The third kappa shape index (κ3) is 3.63. The van der Waals surface area contributed by atoms with E-state index in [2.05, 4.69) is 30.7 Å². The van der Waals surface area contributed by atoms with Crippen LogP contribution in [0.25, 0.3) is 11.3 Å². The van der Waals surface area contributed by atoms with Gasteiger partial charge in [0.2, 0.25) is 5.95 Å². The average molecular weight is 335 g/mol. The van der Waals surface area contributed by atoms with Crippen molar-refractivity contribution in [1.82, 2.24) is 30.0 Å². The summed E-state index contributed by atoms with van der Waals surface area (Å²) in [5.41, 5.74) is 2.77. The van der Waals surface area contributed by atoms with Crippen LogP contribution < -0.4 is 10.6 Å². The molecule has 1 saturated carbocycles. The molecule has 1 aliphatic rings. The number of hydrogen-bond acceptors (Lipinski definition) is 6. The predicted octanol–water partition coefficient (Wildman–Crippen LogP) is 1.91. The SMILES string of the molecule is Cn1cc(Nc2nccc(-c3ccc(C(=O)NC4CC4)nc3)n2)cn1. The summed E-state index contributed by atoms with van der Waals surface area (Å²) < 4.78 is 1.70. The Hall–Kier alpha value is -3.29. The molecular weight excluding hydrogens is 318 g/mol. The van der Waals surface area contributed by atoms with E-state index in [1.165, 1.54) is 0 Å². The lowest BCUT2D eigenvalue weighted by atomic mass is 10.2. The molecule has 8 nitrogen and oxygen atoms in total. The van der Waals surface area contributed by atoms with Gasteiger partial charge in [-0.25, -0.2) is 9.97 Å². The monoisotopic (exact) mass is 335 g/mol. The molecule has 3 aromatic rings. The quantitative estimate of drug-likeness (QED) is 0.739. The molecule has 0 spiro atoms. The first-order valence-corrected chi connectivity index (χ1v) is 8.03. The summed E-state index contributed by atoms with van der Waals surface area (Å²) in [6, 6.07) is 5.67. The van der Waals surface area contributed by atoms with E-state index in [0.717, 1.165) is 29.8 Å². The van der Waals surface area contributed by atoms with Gasteiger partial charge in [-0.3, -0.25) is 14.5 Å². The minimum Gasteiger partial charge on any atom is -0.348 e. The van der Waals surface area contributed by atoms with E-state index in [4.69, 9.17) is 0 Å². The Balaban J connectivity index is 1.50. The summed E-state index contributed by atoms with van der Waals surface area (Å²) in [7, 11) is 1.84. The molecule has 4 rings (SSSR count). The van der Waals surface area contributed by atoms with Crippen LogP contribution in [0.1, 0.15) is 23.3 Å². The first-order valence-electron chi connectivity index (χ1n) is 8.03. The molecule has 2 N–H and O–H groups in total. The lowest BCUT2D eigenvalue weighted by Gasteiger charge is -2.06. The van der Waals surface area contributed by atoms with Crippen molar-refractivity contribution in [2.45, 2.75) is 18.9 Å². The number of amides is 1. The van der Waals surface area contributed by atoms with Crippen molar-refractivity contribution in [3.63, 3.8) is 0 Å². The third-order valence-electron chi connectivity index (χ3n) is 3.82. The second-order valence-electron chi connectivity index (χ2n) is 5.97. The van der Waals surface area contributed by atoms with Gasteiger partial charge >= 0.3 is 0 Å². The highest BCUT2D eigenvalue weighted by Crippen LogP contribution is 2.21. The van der Waals surface area contributed by atoms with Gasteiger partial charge in [0.15, 0.2) is 0 Å². The van der Waals surface area contributed by atoms with E-state index in [1.54, 1.807) is 35.4 Å². The predicted molar refractivity (Wildman–Crippen MR) is 92.2 cm³/mol. The Morgan fingerprint density at radius 1 is 1.20 bits per heavy atom. The summed E-state index contributed by atoms with van der Waals surface area (Å²) in [5.74, 6) is 0.344. The van der Waals surface area contributed by atoms with Crippen LogP contribution in [0.2, 0.25) is 0 Å². The summed E-state index contributed by atoms with van der Waals surface area (Å²) >= 11 is 0. The van der Waals surface area contributed by atoms with Gasteiger partial charge < -0.3 is 10.6 Å². The third-order valence-corrected chi connectivity index (χ3v) is 3.82. The van der Waals surface area contributed by atoms with Crippen LogP contribution in [0.4, 0.5) is 11.6 Å². The summed E-state index contributed by atoms with van der Waals surface area (Å²) in [5, 5.41) is 10.1. The van der Waals surface area contributed by atoms with Crippen LogP contribution in [0.15, 0.2) is 43.0 Å². The summed E-state index contributed by atoms with van der Waals surface area (Å²) in [6.45, 7) is 0. The Labute approximate surface area is 144 Å². The molecule has 0 aliphatic heterocycles. The molecule has 0 aromatic carbocycles. The van der Waals surface area contributed by atoms with Crippen LogP contribution in [0.5, 0.6) is 0 Å². The molecule has 0 atom stereocenters. The van der Waals surface area contributed by atoms with Gasteiger partial charge in [-0.1, -0.05) is 0 Å². The average Bonchev–Trinajstić information content (AvgIpc) is 3.35. The van der Waals surface area contributed by atoms with Crippen molar-refractivity contribution >= 4 is 17.5 Å². The maximum Gasteiger partial charge on any atom is 0.270 e. The molecule has 1 fully saturated rings.